The molecule has 31 heavy (non-hydrogen) atoms. The molecule has 0 spiro atoms. The van der Waals surface area contributed by atoms with Crippen LogP contribution >= 0.6 is 0 Å². The lowest BCUT2D eigenvalue weighted by atomic mass is 10.2. The monoisotopic (exact) mass is 446 g/mol. The zero-order chi connectivity index (χ0) is 22.4. The Labute approximate surface area is 179 Å². The Morgan fingerprint density at radius 1 is 1.10 bits per heavy atom. The molecular formula is C20H22N4O6S. The van der Waals surface area contributed by atoms with Crippen molar-refractivity contribution in [1.29, 1.82) is 0 Å². The quantitative estimate of drug-likeness (QED) is 0.513. The molecule has 10 nitrogen and oxygen atoms in total. The van der Waals surface area contributed by atoms with Crippen LogP contribution in [-0.2, 0) is 21.2 Å². The minimum atomic E-state index is -3.50. The van der Waals surface area contributed by atoms with Crippen LogP contribution < -0.4 is 19.5 Å². The zero-order valence-electron chi connectivity index (χ0n) is 17.2. The minimum absolute atomic E-state index is 0.102. The maximum absolute atomic E-state index is 12.3. The van der Waals surface area contributed by atoms with E-state index >= 15 is 0 Å². The summed E-state index contributed by atoms with van der Waals surface area (Å²) in [6.07, 6.45) is 1.38. The topological polar surface area (TPSA) is 133 Å². The lowest BCUT2D eigenvalue weighted by Gasteiger charge is -2.12. The number of nitrogens with zero attached hydrogens (tertiary/aromatic N) is 2. The molecular weight excluding hydrogens is 424 g/mol. The number of anilines is 2. The summed E-state index contributed by atoms with van der Waals surface area (Å²) in [6, 6.07) is 11.9. The first-order chi connectivity index (χ1) is 14.8. The Bertz CT molecular complexity index is 1160. The van der Waals surface area contributed by atoms with E-state index in [0.29, 0.717) is 23.2 Å². The van der Waals surface area contributed by atoms with Gasteiger partial charge in [0.25, 0.3) is 0 Å². The molecule has 2 aromatic carbocycles. The largest absolute Gasteiger partial charge is 0.497 e. The van der Waals surface area contributed by atoms with Gasteiger partial charge in [0, 0.05) is 24.1 Å². The first-order valence-electron chi connectivity index (χ1n) is 9.20. The van der Waals surface area contributed by atoms with Crippen molar-refractivity contribution in [3.63, 3.8) is 0 Å². The molecule has 3 rings (SSSR count). The molecule has 1 amide bonds. The van der Waals surface area contributed by atoms with Gasteiger partial charge >= 0.3 is 0 Å². The summed E-state index contributed by atoms with van der Waals surface area (Å²) in [6.45, 7) is 0. The SMILES string of the molecule is COc1ccc(-c2noc(CCC(=O)Nc3ccc(OC)c(NS(C)(=O)=O)c3)n2)cc1. The number of methoxy groups -OCH3 is 2. The number of nitrogens with one attached hydrogen (secondary N) is 2. The number of benzene rings is 2. The van der Waals surface area contributed by atoms with Crippen molar-refractivity contribution >= 4 is 27.3 Å². The van der Waals surface area contributed by atoms with E-state index < -0.39 is 10.0 Å². The van der Waals surface area contributed by atoms with Gasteiger partial charge in [-0.15, -0.1) is 0 Å². The first-order valence-corrected chi connectivity index (χ1v) is 11.1. The highest BCUT2D eigenvalue weighted by molar-refractivity contribution is 7.92. The molecule has 1 aromatic heterocycles. The molecule has 0 bridgehead atoms. The van der Waals surface area contributed by atoms with Crippen molar-refractivity contribution in [2.24, 2.45) is 0 Å². The van der Waals surface area contributed by atoms with Crippen LogP contribution in [0, 0.1) is 0 Å². The van der Waals surface area contributed by atoms with Crippen LogP contribution in [0.2, 0.25) is 0 Å². The Hall–Kier alpha value is -3.60. The van der Waals surface area contributed by atoms with Crippen LogP contribution in [0.4, 0.5) is 11.4 Å². The highest BCUT2D eigenvalue weighted by Crippen LogP contribution is 2.28. The third-order valence-corrected chi connectivity index (χ3v) is 4.75. The summed E-state index contributed by atoms with van der Waals surface area (Å²) >= 11 is 0. The van der Waals surface area contributed by atoms with Crippen molar-refractivity contribution in [3.05, 3.63) is 48.4 Å². The summed E-state index contributed by atoms with van der Waals surface area (Å²) < 4.78 is 40.8. The molecule has 0 atom stereocenters. The maximum atomic E-state index is 12.3. The Kier molecular flexibility index (Phi) is 6.75. The fourth-order valence-electron chi connectivity index (χ4n) is 2.72. The molecule has 2 N–H and O–H groups in total. The molecule has 0 aliphatic heterocycles. The minimum Gasteiger partial charge on any atom is -0.497 e. The molecule has 0 fully saturated rings. The van der Waals surface area contributed by atoms with Crippen LogP contribution in [0.3, 0.4) is 0 Å². The van der Waals surface area contributed by atoms with Gasteiger partial charge in [-0.3, -0.25) is 9.52 Å². The molecule has 0 saturated carbocycles. The van der Waals surface area contributed by atoms with Crippen LogP contribution in [-0.4, -0.2) is 44.9 Å². The van der Waals surface area contributed by atoms with Gasteiger partial charge in [-0.25, -0.2) is 8.42 Å². The average molecular weight is 446 g/mol. The number of aromatic nitrogens is 2. The van der Waals surface area contributed by atoms with Crippen LogP contribution in [0.15, 0.2) is 47.0 Å². The average Bonchev–Trinajstić information content (AvgIpc) is 3.20. The van der Waals surface area contributed by atoms with E-state index in [1.807, 2.05) is 12.1 Å². The van der Waals surface area contributed by atoms with Gasteiger partial charge in [-0.2, -0.15) is 4.98 Å². The fourth-order valence-corrected chi connectivity index (χ4v) is 3.28. The lowest BCUT2D eigenvalue weighted by Crippen LogP contribution is -2.14. The highest BCUT2D eigenvalue weighted by atomic mass is 32.2. The zero-order valence-corrected chi connectivity index (χ0v) is 18.0. The normalized spacial score (nSPS) is 11.1. The van der Waals surface area contributed by atoms with Gasteiger partial charge in [0.2, 0.25) is 27.6 Å². The van der Waals surface area contributed by atoms with Crippen molar-refractivity contribution in [3.8, 4) is 22.9 Å². The summed E-state index contributed by atoms with van der Waals surface area (Å²) in [5.74, 6) is 1.51. The summed E-state index contributed by atoms with van der Waals surface area (Å²) in [4.78, 5) is 16.6. The van der Waals surface area contributed by atoms with Gasteiger partial charge in [0.1, 0.15) is 11.5 Å². The van der Waals surface area contributed by atoms with Gasteiger partial charge < -0.3 is 19.3 Å². The second-order valence-corrected chi connectivity index (χ2v) is 8.33. The number of hydrogen-bond acceptors (Lipinski definition) is 8. The maximum Gasteiger partial charge on any atom is 0.229 e. The van der Waals surface area contributed by atoms with Crippen LogP contribution in [0.5, 0.6) is 11.5 Å². The summed E-state index contributed by atoms with van der Waals surface area (Å²) in [5, 5.41) is 6.64. The Balaban J connectivity index is 1.60. The van der Waals surface area contributed by atoms with E-state index in [2.05, 4.69) is 20.2 Å². The smallest absolute Gasteiger partial charge is 0.229 e. The number of hydrogen-bond donors (Lipinski definition) is 2. The van der Waals surface area contributed by atoms with Crippen molar-refractivity contribution < 1.29 is 27.2 Å². The van der Waals surface area contributed by atoms with E-state index in [4.69, 9.17) is 14.0 Å². The second-order valence-electron chi connectivity index (χ2n) is 6.58. The Morgan fingerprint density at radius 2 is 1.84 bits per heavy atom. The predicted molar refractivity (Wildman–Crippen MR) is 115 cm³/mol. The fraction of sp³-hybridized carbons (Fsp3) is 0.250. The van der Waals surface area contributed by atoms with E-state index in [-0.39, 0.29) is 24.4 Å². The van der Waals surface area contributed by atoms with Crippen LogP contribution in [0.1, 0.15) is 12.3 Å². The van der Waals surface area contributed by atoms with Crippen molar-refractivity contribution in [2.75, 3.05) is 30.5 Å². The molecule has 1 heterocycles. The highest BCUT2D eigenvalue weighted by Gasteiger charge is 2.13. The van der Waals surface area contributed by atoms with E-state index in [0.717, 1.165) is 17.6 Å². The third kappa shape index (κ3) is 6.19. The lowest BCUT2D eigenvalue weighted by molar-refractivity contribution is -0.116. The molecule has 0 aliphatic rings. The molecule has 164 valence electrons. The standard InChI is InChI=1S/C20H22N4O6S/c1-28-15-7-4-13(5-8-15)20-22-19(30-23-20)11-10-18(25)21-14-6-9-17(29-2)16(12-14)24-31(3,26)27/h4-9,12,24H,10-11H2,1-3H3,(H,21,25). The number of ether oxygens (including phenoxy) is 2. The number of carbonyl (C=O) groups is 1. The number of amides is 1. The third-order valence-electron chi connectivity index (χ3n) is 4.16. The molecule has 0 aliphatic carbocycles. The van der Waals surface area contributed by atoms with Gasteiger partial charge in [0.05, 0.1) is 26.2 Å². The molecule has 11 heteroatoms. The molecule has 0 radical (unpaired) electrons. The van der Waals surface area contributed by atoms with E-state index in [9.17, 15) is 13.2 Å². The number of aryl methyl sites for hydroxylation is 1. The van der Waals surface area contributed by atoms with Gasteiger partial charge in [0.15, 0.2) is 0 Å². The van der Waals surface area contributed by atoms with Crippen LogP contribution in [0.25, 0.3) is 11.4 Å². The molecule has 0 unspecified atom stereocenters. The van der Waals surface area contributed by atoms with Crippen molar-refractivity contribution in [1.82, 2.24) is 10.1 Å². The molecule has 3 aromatic rings. The number of rotatable bonds is 9. The van der Waals surface area contributed by atoms with E-state index in [1.54, 1.807) is 31.4 Å². The van der Waals surface area contributed by atoms with E-state index in [1.165, 1.54) is 13.2 Å². The van der Waals surface area contributed by atoms with Crippen molar-refractivity contribution in [2.45, 2.75) is 12.8 Å². The Morgan fingerprint density at radius 3 is 2.48 bits per heavy atom. The predicted octanol–water partition coefficient (Wildman–Crippen LogP) is 2.70. The number of sulfonamides is 1. The summed E-state index contributed by atoms with van der Waals surface area (Å²) in [5.41, 5.74) is 1.41. The summed E-state index contributed by atoms with van der Waals surface area (Å²) in [7, 11) is -0.496. The van der Waals surface area contributed by atoms with Gasteiger partial charge in [-0.1, -0.05) is 5.16 Å². The number of carbonyl (C=O) groups excluding carboxylic acids is 1. The van der Waals surface area contributed by atoms with Gasteiger partial charge in [-0.05, 0) is 42.5 Å². The first kappa shape index (κ1) is 22.1. The second kappa shape index (κ2) is 9.47. The molecule has 0 saturated heterocycles.